The van der Waals surface area contributed by atoms with Crippen LogP contribution in [0, 0.1) is 5.95 Å². The van der Waals surface area contributed by atoms with E-state index < -0.39 is 5.95 Å². The third kappa shape index (κ3) is 4.60. The molecule has 2 aromatic rings. The summed E-state index contributed by atoms with van der Waals surface area (Å²) in [6, 6.07) is 8.31. The summed E-state index contributed by atoms with van der Waals surface area (Å²) in [6.07, 6.45) is 1.46. The van der Waals surface area contributed by atoms with Crippen LogP contribution in [0.3, 0.4) is 0 Å². The number of carbonyl (C=O) groups excluding carboxylic acids is 1. The second kappa shape index (κ2) is 7.99. The van der Waals surface area contributed by atoms with E-state index in [0.29, 0.717) is 41.9 Å². The lowest BCUT2D eigenvalue weighted by Crippen LogP contribution is -2.48. The van der Waals surface area contributed by atoms with Crippen LogP contribution in [-0.2, 0) is 4.79 Å². The summed E-state index contributed by atoms with van der Waals surface area (Å²) in [5.74, 6) is -0.634. The van der Waals surface area contributed by atoms with Crippen LogP contribution in [0.2, 0.25) is 10.0 Å². The number of anilines is 2. The van der Waals surface area contributed by atoms with Gasteiger partial charge in [-0.15, -0.1) is 0 Å². The van der Waals surface area contributed by atoms with E-state index in [-0.39, 0.29) is 12.5 Å². The fourth-order valence-corrected chi connectivity index (χ4v) is 3.09. The van der Waals surface area contributed by atoms with Gasteiger partial charge in [-0.2, -0.15) is 4.39 Å². The van der Waals surface area contributed by atoms with Crippen LogP contribution in [-0.4, -0.2) is 48.5 Å². The molecule has 1 aromatic heterocycles. The van der Waals surface area contributed by atoms with Gasteiger partial charge in [0.2, 0.25) is 11.9 Å². The van der Waals surface area contributed by atoms with E-state index in [0.717, 1.165) is 5.69 Å². The predicted octanol–water partition coefficient (Wildman–Crippen LogP) is 3.29. The number of hydrogen-bond donors (Lipinski definition) is 1. The number of hydrogen-bond acceptors (Lipinski definition) is 4. The maximum absolute atomic E-state index is 13.2. The lowest BCUT2D eigenvalue weighted by atomic mass is 10.2. The Bertz CT molecular complexity index is 766. The highest BCUT2D eigenvalue weighted by Crippen LogP contribution is 2.29. The highest BCUT2D eigenvalue weighted by atomic mass is 35.5. The maximum atomic E-state index is 13.2. The van der Waals surface area contributed by atoms with Crippen molar-refractivity contribution in [1.82, 2.24) is 9.88 Å². The van der Waals surface area contributed by atoms with E-state index in [9.17, 15) is 9.18 Å². The summed E-state index contributed by atoms with van der Waals surface area (Å²) in [7, 11) is 0. The van der Waals surface area contributed by atoms with Gasteiger partial charge in [-0.05, 0) is 18.2 Å². The molecular weight excluding hydrogens is 366 g/mol. The molecule has 2 heterocycles. The molecule has 0 spiro atoms. The first kappa shape index (κ1) is 17.9. The summed E-state index contributed by atoms with van der Waals surface area (Å²) < 4.78 is 13.2. The summed E-state index contributed by atoms with van der Waals surface area (Å²) in [4.78, 5) is 19.9. The molecule has 1 aliphatic rings. The van der Waals surface area contributed by atoms with Crippen molar-refractivity contribution in [3.63, 3.8) is 0 Å². The molecule has 0 radical (unpaired) electrons. The molecule has 5 nitrogen and oxygen atoms in total. The van der Waals surface area contributed by atoms with Crippen LogP contribution in [0.25, 0.3) is 0 Å². The first-order chi connectivity index (χ1) is 12.0. The number of nitrogens with zero attached hydrogens (tertiary/aromatic N) is 3. The second-order valence-corrected chi connectivity index (χ2v) is 6.53. The Morgan fingerprint density at radius 2 is 1.96 bits per heavy atom. The van der Waals surface area contributed by atoms with Crippen LogP contribution in [0.5, 0.6) is 0 Å². The smallest absolute Gasteiger partial charge is 0.238 e. The van der Waals surface area contributed by atoms with Crippen molar-refractivity contribution in [2.45, 2.75) is 0 Å². The number of aromatic nitrogens is 1. The molecule has 3 rings (SSSR count). The fourth-order valence-electron chi connectivity index (χ4n) is 2.75. The summed E-state index contributed by atoms with van der Waals surface area (Å²) in [6.45, 7) is 3.12. The third-order valence-corrected chi connectivity index (χ3v) is 4.86. The lowest BCUT2D eigenvalue weighted by Gasteiger charge is -2.35. The molecule has 132 valence electrons. The van der Waals surface area contributed by atoms with Gasteiger partial charge in [-0.3, -0.25) is 9.69 Å². The summed E-state index contributed by atoms with van der Waals surface area (Å²) in [5.41, 5.74) is 1.31. The minimum atomic E-state index is -0.488. The molecule has 0 saturated carbocycles. The normalized spacial score (nSPS) is 15.2. The Balaban J connectivity index is 1.52. The van der Waals surface area contributed by atoms with Gasteiger partial charge in [0, 0.05) is 44.1 Å². The Hall–Kier alpha value is -1.89. The second-order valence-electron chi connectivity index (χ2n) is 5.75. The lowest BCUT2D eigenvalue weighted by molar-refractivity contribution is -0.117. The van der Waals surface area contributed by atoms with Gasteiger partial charge < -0.3 is 10.2 Å². The summed E-state index contributed by atoms with van der Waals surface area (Å²) in [5, 5.41) is 3.52. The van der Waals surface area contributed by atoms with Gasteiger partial charge in [0.15, 0.2) is 0 Å². The zero-order valence-corrected chi connectivity index (χ0v) is 14.9. The highest BCUT2D eigenvalue weighted by Gasteiger charge is 2.20. The molecular formula is C17H17Cl2FN4O. The van der Waals surface area contributed by atoms with Crippen LogP contribution < -0.4 is 10.2 Å². The van der Waals surface area contributed by atoms with Crippen molar-refractivity contribution in [3.05, 3.63) is 52.5 Å². The molecule has 1 aliphatic heterocycles. The quantitative estimate of drug-likeness (QED) is 0.824. The number of rotatable bonds is 4. The van der Waals surface area contributed by atoms with Crippen LogP contribution in [0.1, 0.15) is 0 Å². The molecule has 1 aromatic carbocycles. The third-order valence-electron chi connectivity index (χ3n) is 4.04. The van der Waals surface area contributed by atoms with E-state index in [4.69, 9.17) is 23.2 Å². The van der Waals surface area contributed by atoms with Crippen LogP contribution in [0.15, 0.2) is 36.5 Å². The van der Waals surface area contributed by atoms with E-state index in [2.05, 4.69) is 15.2 Å². The van der Waals surface area contributed by atoms with Crippen molar-refractivity contribution in [2.75, 3.05) is 42.9 Å². The number of pyridine rings is 1. The van der Waals surface area contributed by atoms with E-state index in [1.807, 2.05) is 4.90 Å². The fraction of sp³-hybridized carbons (Fsp3) is 0.294. The van der Waals surface area contributed by atoms with Crippen molar-refractivity contribution in [1.29, 1.82) is 0 Å². The Labute approximate surface area is 155 Å². The Kier molecular flexibility index (Phi) is 5.73. The van der Waals surface area contributed by atoms with Crippen LogP contribution in [0.4, 0.5) is 15.8 Å². The van der Waals surface area contributed by atoms with Gasteiger partial charge in [0.1, 0.15) is 0 Å². The number of carbonyl (C=O) groups is 1. The van der Waals surface area contributed by atoms with Gasteiger partial charge in [-0.1, -0.05) is 29.3 Å². The van der Waals surface area contributed by atoms with Crippen molar-refractivity contribution >= 4 is 40.5 Å². The molecule has 1 saturated heterocycles. The van der Waals surface area contributed by atoms with Gasteiger partial charge >= 0.3 is 0 Å². The minimum Gasteiger partial charge on any atom is -0.369 e. The molecule has 1 fully saturated rings. The molecule has 0 unspecified atom stereocenters. The average Bonchev–Trinajstić information content (AvgIpc) is 2.60. The molecule has 25 heavy (non-hydrogen) atoms. The molecule has 0 bridgehead atoms. The molecule has 8 heteroatoms. The number of benzene rings is 1. The van der Waals surface area contributed by atoms with Crippen molar-refractivity contribution < 1.29 is 9.18 Å². The van der Waals surface area contributed by atoms with Gasteiger partial charge in [-0.25, -0.2) is 4.98 Å². The van der Waals surface area contributed by atoms with Crippen molar-refractivity contribution in [3.8, 4) is 0 Å². The zero-order valence-electron chi connectivity index (χ0n) is 13.4. The minimum absolute atomic E-state index is 0.146. The Morgan fingerprint density at radius 3 is 2.68 bits per heavy atom. The monoisotopic (exact) mass is 382 g/mol. The standard InChI is InChI=1S/C17H17Cl2FN4O/c18-13-2-1-3-14(17(13)19)22-16(25)11-23-6-8-24(9-7-23)12-4-5-21-15(20)10-12/h1-5,10H,6-9,11H2,(H,22,25). The van der Waals surface area contributed by atoms with Gasteiger partial charge in [0.25, 0.3) is 0 Å². The predicted molar refractivity (Wildman–Crippen MR) is 97.9 cm³/mol. The molecule has 1 amide bonds. The first-order valence-electron chi connectivity index (χ1n) is 7.85. The van der Waals surface area contributed by atoms with Crippen LogP contribution >= 0.6 is 23.2 Å². The topological polar surface area (TPSA) is 48.5 Å². The van der Waals surface area contributed by atoms with E-state index in [1.165, 1.54) is 12.3 Å². The number of nitrogens with one attached hydrogen (secondary N) is 1. The maximum Gasteiger partial charge on any atom is 0.238 e. The number of halogens is 3. The number of piperazine rings is 1. The van der Waals surface area contributed by atoms with E-state index >= 15 is 0 Å². The largest absolute Gasteiger partial charge is 0.369 e. The highest BCUT2D eigenvalue weighted by molar-refractivity contribution is 6.44. The average molecular weight is 383 g/mol. The number of amides is 1. The summed E-state index contributed by atoms with van der Waals surface area (Å²) >= 11 is 12.0. The molecule has 0 atom stereocenters. The SMILES string of the molecule is O=C(CN1CCN(c2ccnc(F)c2)CC1)Nc1cccc(Cl)c1Cl. The molecule has 0 aliphatic carbocycles. The van der Waals surface area contributed by atoms with Crippen molar-refractivity contribution in [2.24, 2.45) is 0 Å². The first-order valence-corrected chi connectivity index (χ1v) is 8.61. The van der Waals surface area contributed by atoms with Gasteiger partial charge in [0.05, 0.1) is 22.3 Å². The zero-order chi connectivity index (χ0) is 17.8. The Morgan fingerprint density at radius 1 is 1.20 bits per heavy atom. The van der Waals surface area contributed by atoms with E-state index in [1.54, 1.807) is 24.3 Å². The molecule has 1 N–H and O–H groups in total.